The van der Waals surface area contributed by atoms with Gasteiger partial charge >= 0.3 is 0 Å². The van der Waals surface area contributed by atoms with Gasteiger partial charge in [0.25, 0.3) is 0 Å². The molecule has 0 unspecified atom stereocenters. The number of hydrogen-bond donors (Lipinski definition) is 1. The Morgan fingerprint density at radius 2 is 2.16 bits per heavy atom. The number of aryl methyl sites for hydroxylation is 1. The molecule has 1 N–H and O–H groups in total. The summed E-state index contributed by atoms with van der Waals surface area (Å²) in [5, 5.41) is 3.33. The number of aliphatic imine (C=N–C) groups is 2. The third-order valence-corrected chi connectivity index (χ3v) is 2.86. The summed E-state index contributed by atoms with van der Waals surface area (Å²) in [4.78, 5) is 8.23. The highest BCUT2D eigenvalue weighted by molar-refractivity contribution is 5.74. The van der Waals surface area contributed by atoms with E-state index in [0.717, 1.165) is 34.9 Å². The average molecular weight is 255 g/mol. The number of anilines is 1. The summed E-state index contributed by atoms with van der Waals surface area (Å²) in [6.45, 7) is 8.12. The minimum Gasteiger partial charge on any atom is -0.469 e. The lowest BCUT2D eigenvalue weighted by molar-refractivity contribution is 0.530. The zero-order chi connectivity index (χ0) is 13.7. The summed E-state index contributed by atoms with van der Waals surface area (Å²) in [7, 11) is 0. The largest absolute Gasteiger partial charge is 0.469 e. The van der Waals surface area contributed by atoms with E-state index in [2.05, 4.69) is 22.0 Å². The predicted octanol–water partition coefficient (Wildman–Crippen LogP) is 4.25. The Balaban J connectivity index is 2.13. The summed E-state index contributed by atoms with van der Waals surface area (Å²) in [5.74, 6) is 0.932. The van der Waals surface area contributed by atoms with Gasteiger partial charge < -0.3 is 9.73 Å². The lowest BCUT2D eigenvalue weighted by Gasteiger charge is -2.08. The van der Waals surface area contributed by atoms with Crippen LogP contribution in [-0.2, 0) is 6.54 Å². The summed E-state index contributed by atoms with van der Waals surface area (Å²) in [5.41, 5.74) is 3.72. The van der Waals surface area contributed by atoms with Crippen LogP contribution < -0.4 is 5.32 Å². The van der Waals surface area contributed by atoms with Crippen LogP contribution in [0.5, 0.6) is 0 Å². The van der Waals surface area contributed by atoms with Crippen molar-refractivity contribution in [3.05, 3.63) is 41.9 Å². The van der Waals surface area contributed by atoms with Gasteiger partial charge in [0.05, 0.1) is 17.6 Å². The van der Waals surface area contributed by atoms with E-state index in [9.17, 15) is 0 Å². The SMILES string of the molecule is C=Nc1cc(NCc2ccoc2C)ccc1N=CC. The van der Waals surface area contributed by atoms with E-state index in [-0.39, 0.29) is 0 Å². The molecule has 0 radical (unpaired) electrons. The first-order valence-corrected chi connectivity index (χ1v) is 6.11. The standard InChI is InChI=1S/C15H17N3O/c1-4-17-14-6-5-13(9-15(14)16-3)18-10-12-7-8-19-11(12)2/h4-9,18H,3,10H2,1-2H3. The second kappa shape index (κ2) is 6.00. The van der Waals surface area contributed by atoms with Gasteiger partial charge in [0.1, 0.15) is 5.76 Å². The number of hydrogen-bond acceptors (Lipinski definition) is 4. The van der Waals surface area contributed by atoms with Gasteiger partial charge in [-0.3, -0.25) is 9.98 Å². The average Bonchev–Trinajstić information content (AvgIpc) is 2.83. The van der Waals surface area contributed by atoms with E-state index in [1.807, 2.05) is 38.1 Å². The summed E-state index contributed by atoms with van der Waals surface area (Å²) < 4.78 is 5.26. The van der Waals surface area contributed by atoms with Crippen LogP contribution in [0.2, 0.25) is 0 Å². The third kappa shape index (κ3) is 3.10. The Morgan fingerprint density at radius 3 is 2.79 bits per heavy atom. The molecule has 4 heteroatoms. The Bertz CT molecular complexity index is 599. The van der Waals surface area contributed by atoms with E-state index in [0.29, 0.717) is 0 Å². The van der Waals surface area contributed by atoms with Crippen molar-refractivity contribution in [2.45, 2.75) is 20.4 Å². The van der Waals surface area contributed by atoms with Gasteiger partial charge in [-0.05, 0) is 44.8 Å². The number of benzene rings is 1. The van der Waals surface area contributed by atoms with Crippen molar-refractivity contribution in [3.8, 4) is 0 Å². The highest BCUT2D eigenvalue weighted by Crippen LogP contribution is 2.30. The molecule has 0 saturated carbocycles. The van der Waals surface area contributed by atoms with Crippen molar-refractivity contribution < 1.29 is 4.42 Å². The molecule has 0 fully saturated rings. The van der Waals surface area contributed by atoms with Crippen LogP contribution in [-0.4, -0.2) is 12.9 Å². The third-order valence-electron chi connectivity index (χ3n) is 2.86. The first-order valence-electron chi connectivity index (χ1n) is 6.11. The molecule has 0 aliphatic rings. The molecular formula is C15H17N3O. The molecule has 0 bridgehead atoms. The number of furan rings is 1. The van der Waals surface area contributed by atoms with Gasteiger partial charge in [0.2, 0.25) is 0 Å². The fraction of sp³-hybridized carbons (Fsp3) is 0.200. The van der Waals surface area contributed by atoms with Crippen LogP contribution in [0.3, 0.4) is 0 Å². The first kappa shape index (κ1) is 13.1. The van der Waals surface area contributed by atoms with E-state index in [1.165, 1.54) is 0 Å². The monoisotopic (exact) mass is 255 g/mol. The van der Waals surface area contributed by atoms with Crippen LogP contribution in [0.25, 0.3) is 0 Å². The van der Waals surface area contributed by atoms with E-state index in [4.69, 9.17) is 4.42 Å². The molecule has 19 heavy (non-hydrogen) atoms. The molecule has 1 aromatic carbocycles. The van der Waals surface area contributed by atoms with Gasteiger partial charge in [0.15, 0.2) is 0 Å². The predicted molar refractivity (Wildman–Crippen MR) is 80.2 cm³/mol. The van der Waals surface area contributed by atoms with Crippen molar-refractivity contribution in [2.75, 3.05) is 5.32 Å². The fourth-order valence-corrected chi connectivity index (χ4v) is 1.80. The highest BCUT2D eigenvalue weighted by atomic mass is 16.3. The van der Waals surface area contributed by atoms with Crippen molar-refractivity contribution in [1.29, 1.82) is 0 Å². The maximum absolute atomic E-state index is 5.26. The van der Waals surface area contributed by atoms with E-state index >= 15 is 0 Å². The van der Waals surface area contributed by atoms with Crippen molar-refractivity contribution in [1.82, 2.24) is 0 Å². The molecule has 0 saturated heterocycles. The van der Waals surface area contributed by atoms with Gasteiger partial charge in [-0.2, -0.15) is 0 Å². The summed E-state index contributed by atoms with van der Waals surface area (Å²) in [6.07, 6.45) is 3.44. The molecule has 0 aliphatic heterocycles. The highest BCUT2D eigenvalue weighted by Gasteiger charge is 2.03. The zero-order valence-electron chi connectivity index (χ0n) is 11.2. The van der Waals surface area contributed by atoms with Crippen molar-refractivity contribution >= 4 is 30.0 Å². The molecule has 2 rings (SSSR count). The first-order chi connectivity index (χ1) is 9.24. The van der Waals surface area contributed by atoms with Crippen molar-refractivity contribution in [2.24, 2.45) is 9.98 Å². The normalized spacial score (nSPS) is 10.8. The maximum atomic E-state index is 5.26. The van der Waals surface area contributed by atoms with E-state index in [1.54, 1.807) is 12.5 Å². The minimum atomic E-state index is 0.718. The fourth-order valence-electron chi connectivity index (χ4n) is 1.80. The molecule has 0 aliphatic carbocycles. The smallest absolute Gasteiger partial charge is 0.105 e. The molecular weight excluding hydrogens is 238 g/mol. The summed E-state index contributed by atoms with van der Waals surface area (Å²) >= 11 is 0. The minimum absolute atomic E-state index is 0.718. The molecule has 1 heterocycles. The van der Waals surface area contributed by atoms with Gasteiger partial charge in [-0.15, -0.1) is 0 Å². The molecule has 0 amide bonds. The molecule has 2 aromatic rings. The van der Waals surface area contributed by atoms with Crippen LogP contribution in [0.4, 0.5) is 17.1 Å². The molecule has 0 spiro atoms. The number of nitrogens with one attached hydrogen (secondary N) is 1. The van der Waals surface area contributed by atoms with Crippen LogP contribution >= 0.6 is 0 Å². The van der Waals surface area contributed by atoms with Gasteiger partial charge in [-0.1, -0.05) is 0 Å². The Kier molecular flexibility index (Phi) is 4.13. The number of nitrogens with zero attached hydrogens (tertiary/aromatic N) is 2. The second-order valence-electron chi connectivity index (χ2n) is 4.10. The second-order valence-corrected chi connectivity index (χ2v) is 4.10. The van der Waals surface area contributed by atoms with Crippen LogP contribution in [0, 0.1) is 6.92 Å². The van der Waals surface area contributed by atoms with Crippen LogP contribution in [0.15, 0.2) is 44.9 Å². The zero-order valence-corrected chi connectivity index (χ0v) is 11.2. The lowest BCUT2D eigenvalue weighted by atomic mass is 10.2. The topological polar surface area (TPSA) is 49.9 Å². The molecule has 0 atom stereocenters. The Morgan fingerprint density at radius 1 is 1.32 bits per heavy atom. The number of rotatable bonds is 5. The molecule has 98 valence electrons. The lowest BCUT2D eigenvalue weighted by Crippen LogP contribution is -1.99. The molecule has 1 aromatic heterocycles. The van der Waals surface area contributed by atoms with Crippen LogP contribution in [0.1, 0.15) is 18.2 Å². The Labute approximate surface area is 112 Å². The van der Waals surface area contributed by atoms with Gasteiger partial charge in [-0.25, -0.2) is 0 Å². The molecule has 4 nitrogen and oxygen atoms in total. The Hall–Kier alpha value is -2.36. The van der Waals surface area contributed by atoms with Gasteiger partial charge in [0, 0.05) is 24.0 Å². The quantitative estimate of drug-likeness (QED) is 0.812. The summed E-state index contributed by atoms with van der Waals surface area (Å²) in [6, 6.07) is 7.80. The van der Waals surface area contributed by atoms with Crippen molar-refractivity contribution in [3.63, 3.8) is 0 Å². The maximum Gasteiger partial charge on any atom is 0.105 e. The van der Waals surface area contributed by atoms with E-state index < -0.39 is 0 Å².